The fourth-order valence-corrected chi connectivity index (χ4v) is 5.69. The number of rotatable bonds is 8. The Labute approximate surface area is 260 Å². The van der Waals surface area contributed by atoms with Gasteiger partial charge in [0.2, 0.25) is 5.88 Å². The van der Waals surface area contributed by atoms with Gasteiger partial charge < -0.3 is 19.1 Å². The topological polar surface area (TPSA) is 86.5 Å². The molecule has 12 heteroatoms. The van der Waals surface area contributed by atoms with Crippen molar-refractivity contribution in [2.45, 2.75) is 32.9 Å². The first-order chi connectivity index (χ1) is 21.4. The second-order valence-electron chi connectivity index (χ2n) is 11.5. The van der Waals surface area contributed by atoms with E-state index in [1.165, 1.54) is 30.3 Å². The average molecular weight is 640 g/mol. The van der Waals surface area contributed by atoms with E-state index < -0.39 is 29.2 Å². The van der Waals surface area contributed by atoms with Crippen molar-refractivity contribution >= 4 is 28.6 Å². The highest BCUT2D eigenvalue weighted by Gasteiger charge is 2.39. The molecule has 0 bridgehead atoms. The number of ether oxygens (including phenoxy) is 2. The molecule has 1 fully saturated rings. The van der Waals surface area contributed by atoms with Gasteiger partial charge >= 0.3 is 5.97 Å². The van der Waals surface area contributed by atoms with E-state index in [0.717, 1.165) is 24.3 Å². The number of imidazole rings is 1. The van der Waals surface area contributed by atoms with Crippen LogP contribution in [0.4, 0.5) is 17.6 Å². The number of nitrogens with zero attached hydrogens (tertiary/aromatic N) is 3. The minimum Gasteiger partial charge on any atom is -0.478 e. The van der Waals surface area contributed by atoms with Gasteiger partial charge in [-0.25, -0.2) is 32.3 Å². The second kappa shape index (κ2) is 11.8. The maximum Gasteiger partial charge on any atom is 0.335 e. The van der Waals surface area contributed by atoms with E-state index in [1.807, 2.05) is 18.4 Å². The van der Waals surface area contributed by atoms with E-state index in [-0.39, 0.29) is 63.3 Å². The zero-order valence-electron chi connectivity index (χ0n) is 24.1. The van der Waals surface area contributed by atoms with Crippen LogP contribution in [0.15, 0.2) is 60.7 Å². The third kappa shape index (κ3) is 5.97. The minimum absolute atomic E-state index is 0.0337. The summed E-state index contributed by atoms with van der Waals surface area (Å²) in [7, 11) is 0. The van der Waals surface area contributed by atoms with Gasteiger partial charge in [-0.05, 0) is 54.1 Å². The molecule has 1 aliphatic heterocycles. The van der Waals surface area contributed by atoms with Crippen LogP contribution in [0.3, 0.4) is 0 Å². The molecule has 0 aliphatic carbocycles. The Morgan fingerprint density at radius 3 is 2.49 bits per heavy atom. The summed E-state index contributed by atoms with van der Waals surface area (Å²) in [5.41, 5.74) is 1.05. The van der Waals surface area contributed by atoms with Crippen LogP contribution in [0.25, 0.3) is 22.3 Å². The number of benzene rings is 3. The maximum absolute atomic E-state index is 15.6. The molecule has 0 amide bonds. The van der Waals surface area contributed by atoms with Crippen LogP contribution in [-0.4, -0.2) is 38.8 Å². The lowest BCUT2D eigenvalue weighted by molar-refractivity contribution is 0.0697. The zero-order chi connectivity index (χ0) is 32.0. The number of aromatic carboxylic acids is 1. The first-order valence-corrected chi connectivity index (χ1v) is 14.3. The number of hydrogen-bond donors (Lipinski definition) is 1. The highest BCUT2D eigenvalue weighted by atomic mass is 35.5. The van der Waals surface area contributed by atoms with E-state index in [9.17, 15) is 18.7 Å². The number of halogens is 5. The van der Waals surface area contributed by atoms with Crippen LogP contribution < -0.4 is 4.74 Å². The summed E-state index contributed by atoms with van der Waals surface area (Å²) in [5, 5.41) is 9.54. The lowest BCUT2D eigenvalue weighted by Gasteiger charge is -2.28. The van der Waals surface area contributed by atoms with E-state index in [4.69, 9.17) is 21.1 Å². The molecule has 1 atom stereocenters. The number of fused-ring (bicyclic) bond motifs is 1. The first kappa shape index (κ1) is 30.5. The SMILES string of the molecule is CC1(C)COC[C@H]1n1c(Cc2cc(F)c(-c3cccc(OCc4cc(F)c(F)cc4Cl)n3)cc2F)nc2ccc(C(=O)O)cc21. The molecule has 6 rings (SSSR count). The predicted molar refractivity (Wildman–Crippen MR) is 158 cm³/mol. The van der Waals surface area contributed by atoms with Crippen LogP contribution in [0.1, 0.15) is 47.2 Å². The van der Waals surface area contributed by atoms with E-state index in [1.54, 1.807) is 6.07 Å². The summed E-state index contributed by atoms with van der Waals surface area (Å²) in [4.78, 5) is 20.6. The van der Waals surface area contributed by atoms with Crippen molar-refractivity contribution in [1.82, 2.24) is 14.5 Å². The molecule has 0 radical (unpaired) electrons. The fraction of sp³-hybridized carbons (Fsp3) is 0.242. The van der Waals surface area contributed by atoms with Crippen molar-refractivity contribution in [3.8, 4) is 17.1 Å². The fourth-order valence-electron chi connectivity index (χ4n) is 5.49. The molecular formula is C33H26ClF4N3O4. The second-order valence-corrected chi connectivity index (χ2v) is 11.9. The summed E-state index contributed by atoms with van der Waals surface area (Å²) >= 11 is 5.97. The molecule has 3 aromatic carbocycles. The molecule has 45 heavy (non-hydrogen) atoms. The Kier molecular flexibility index (Phi) is 8.00. The predicted octanol–water partition coefficient (Wildman–Crippen LogP) is 7.77. The Balaban J connectivity index is 1.31. The zero-order valence-corrected chi connectivity index (χ0v) is 24.8. The molecule has 7 nitrogen and oxygen atoms in total. The van der Waals surface area contributed by atoms with Gasteiger partial charge in [0.25, 0.3) is 0 Å². The van der Waals surface area contributed by atoms with Gasteiger partial charge in [-0.3, -0.25) is 0 Å². The van der Waals surface area contributed by atoms with Crippen molar-refractivity contribution in [2.24, 2.45) is 5.41 Å². The van der Waals surface area contributed by atoms with Crippen molar-refractivity contribution in [3.05, 3.63) is 111 Å². The van der Waals surface area contributed by atoms with Crippen LogP contribution in [-0.2, 0) is 17.8 Å². The quantitative estimate of drug-likeness (QED) is 0.138. The summed E-state index contributed by atoms with van der Waals surface area (Å²) in [6.45, 7) is 4.63. The van der Waals surface area contributed by atoms with Gasteiger partial charge in [-0.2, -0.15) is 0 Å². The van der Waals surface area contributed by atoms with E-state index in [2.05, 4.69) is 9.97 Å². The molecule has 3 heterocycles. The van der Waals surface area contributed by atoms with Crippen LogP contribution in [0.5, 0.6) is 5.88 Å². The third-order valence-corrected chi connectivity index (χ3v) is 8.27. The smallest absolute Gasteiger partial charge is 0.335 e. The normalized spacial score (nSPS) is 15.9. The van der Waals surface area contributed by atoms with Gasteiger partial charge in [-0.1, -0.05) is 31.5 Å². The molecule has 1 saturated heterocycles. The molecule has 0 unspecified atom stereocenters. The highest BCUT2D eigenvalue weighted by Crippen LogP contribution is 2.40. The number of pyridine rings is 1. The van der Waals surface area contributed by atoms with Crippen molar-refractivity contribution in [2.75, 3.05) is 13.2 Å². The van der Waals surface area contributed by atoms with Gasteiger partial charge in [0.1, 0.15) is 24.1 Å². The molecule has 232 valence electrons. The van der Waals surface area contributed by atoms with Gasteiger partial charge in [0.05, 0.1) is 46.6 Å². The number of aromatic nitrogens is 3. The average Bonchev–Trinajstić information content (AvgIpc) is 3.53. The summed E-state index contributed by atoms with van der Waals surface area (Å²) in [6.07, 6.45) is -0.0712. The first-order valence-electron chi connectivity index (χ1n) is 13.9. The number of carbonyl (C=O) groups is 1. The molecular weight excluding hydrogens is 614 g/mol. The Hall–Kier alpha value is -4.48. The highest BCUT2D eigenvalue weighted by molar-refractivity contribution is 6.31. The Bertz CT molecular complexity index is 1960. The molecule has 5 aromatic rings. The lowest BCUT2D eigenvalue weighted by Crippen LogP contribution is -2.27. The van der Waals surface area contributed by atoms with Gasteiger partial charge in [-0.15, -0.1) is 0 Å². The third-order valence-electron chi connectivity index (χ3n) is 7.92. The summed E-state index contributed by atoms with van der Waals surface area (Å²) < 4.78 is 71.4. The van der Waals surface area contributed by atoms with Crippen LogP contribution in [0.2, 0.25) is 5.02 Å². The molecule has 1 N–H and O–H groups in total. The van der Waals surface area contributed by atoms with E-state index >= 15 is 8.78 Å². The minimum atomic E-state index is -1.09. The molecule has 2 aromatic heterocycles. The van der Waals surface area contributed by atoms with Crippen molar-refractivity contribution in [1.29, 1.82) is 0 Å². The standard InChI is InChI=1S/C33H26ClF4N3O4/c1-33(2)16-44-15-29(33)41-28-10-17(32(42)43)6-7-27(28)39-30(41)11-18-8-23(36)20(12-22(18)35)26-4-3-5-31(40-26)45-14-19-9-24(37)25(38)13-21(19)34/h3-10,12-13,29H,11,14-16H2,1-2H3,(H,42,43)/t29-/m1/s1. The molecule has 0 saturated carbocycles. The summed E-state index contributed by atoms with van der Waals surface area (Å²) in [5.74, 6) is -4.23. The maximum atomic E-state index is 15.6. The monoisotopic (exact) mass is 639 g/mol. The number of carboxylic acids is 1. The van der Waals surface area contributed by atoms with Crippen molar-refractivity contribution in [3.63, 3.8) is 0 Å². The van der Waals surface area contributed by atoms with Crippen LogP contribution in [0, 0.1) is 28.7 Å². The molecule has 1 aliphatic rings. The van der Waals surface area contributed by atoms with Crippen molar-refractivity contribution < 1.29 is 36.9 Å². The van der Waals surface area contributed by atoms with Gasteiger partial charge in [0.15, 0.2) is 11.6 Å². The number of carboxylic acid groups (broad SMARTS) is 1. The van der Waals surface area contributed by atoms with Gasteiger partial charge in [0, 0.05) is 29.0 Å². The molecule has 0 spiro atoms. The van der Waals surface area contributed by atoms with Crippen LogP contribution >= 0.6 is 11.6 Å². The largest absolute Gasteiger partial charge is 0.478 e. The lowest BCUT2D eigenvalue weighted by atomic mass is 9.87. The Morgan fingerprint density at radius 2 is 1.76 bits per heavy atom. The van der Waals surface area contributed by atoms with E-state index in [0.29, 0.717) is 30.1 Å². The number of hydrogen-bond acceptors (Lipinski definition) is 5. The Morgan fingerprint density at radius 1 is 1.00 bits per heavy atom. The summed E-state index contributed by atoms with van der Waals surface area (Å²) in [6, 6.07) is 12.7.